The molecule has 282 valence electrons. The van der Waals surface area contributed by atoms with Crippen LogP contribution in [0, 0.1) is 0 Å². The molecule has 8 rings (SSSR count). The lowest BCUT2D eigenvalue weighted by molar-refractivity contribution is -0.215. The van der Waals surface area contributed by atoms with Crippen molar-refractivity contribution in [3.63, 3.8) is 0 Å². The number of halogens is 1. The van der Waals surface area contributed by atoms with Crippen molar-refractivity contribution in [1.82, 2.24) is 29.5 Å². The van der Waals surface area contributed by atoms with Gasteiger partial charge in [0.2, 0.25) is 0 Å². The predicted octanol–water partition coefficient (Wildman–Crippen LogP) is 7.24. The van der Waals surface area contributed by atoms with Gasteiger partial charge in [-0.05, 0) is 35.7 Å². The maximum absolute atomic E-state index is 14.0. The average molecular weight is 780 g/mol. The molecule has 4 heterocycles. The number of morpholine rings is 2. The molecule has 0 spiro atoms. The minimum atomic E-state index is -4.26. The van der Waals surface area contributed by atoms with Crippen molar-refractivity contribution in [2.75, 3.05) is 38.1 Å². The van der Waals surface area contributed by atoms with Crippen LogP contribution in [0.2, 0.25) is 0 Å². The summed E-state index contributed by atoms with van der Waals surface area (Å²) in [6.07, 6.45) is 0.837. The van der Waals surface area contributed by atoms with Crippen molar-refractivity contribution < 1.29 is 28.0 Å². The SMILES string of the molecule is CC1CN(OP(=O)(Cl)OC2CN(C(c3ccccc3)(c3ccccc3)c3ccccc3)CC(n3cnc4c(NC(=O)c5ccccc5)ncnc43)O2)CCO1. The highest BCUT2D eigenvalue weighted by Crippen LogP contribution is 2.57. The van der Waals surface area contributed by atoms with Crippen LogP contribution in [-0.4, -0.2) is 80.6 Å². The summed E-state index contributed by atoms with van der Waals surface area (Å²) in [5.41, 5.74) is 3.30. The third-order valence-electron chi connectivity index (χ3n) is 9.70. The number of amides is 1. The van der Waals surface area contributed by atoms with Crippen LogP contribution in [0.15, 0.2) is 134 Å². The molecule has 55 heavy (non-hydrogen) atoms. The molecule has 1 N–H and O–H groups in total. The Balaban J connectivity index is 1.22. The van der Waals surface area contributed by atoms with E-state index in [9.17, 15) is 9.36 Å². The maximum Gasteiger partial charge on any atom is 0.443 e. The molecule has 0 bridgehead atoms. The number of hydrogen-bond donors (Lipinski definition) is 1. The van der Waals surface area contributed by atoms with E-state index in [4.69, 9.17) is 29.9 Å². The lowest BCUT2D eigenvalue weighted by atomic mass is 9.75. The first kappa shape index (κ1) is 37.1. The molecule has 0 aliphatic carbocycles. The molecule has 1 amide bonds. The number of benzene rings is 4. The monoisotopic (exact) mass is 779 g/mol. The predicted molar refractivity (Wildman–Crippen MR) is 207 cm³/mol. The van der Waals surface area contributed by atoms with Gasteiger partial charge in [0.25, 0.3) is 5.91 Å². The van der Waals surface area contributed by atoms with Crippen LogP contribution in [0.5, 0.6) is 0 Å². The highest BCUT2D eigenvalue weighted by molar-refractivity contribution is 7.81. The Morgan fingerprint density at radius 2 is 1.44 bits per heavy atom. The molecular formula is C40H39ClN7O6P. The van der Waals surface area contributed by atoms with Crippen LogP contribution in [0.4, 0.5) is 5.82 Å². The van der Waals surface area contributed by atoms with Gasteiger partial charge < -0.3 is 14.8 Å². The third kappa shape index (κ3) is 7.84. The number of carbonyl (C=O) groups is 1. The molecule has 13 nitrogen and oxygen atoms in total. The standard InChI is InChI=1S/C40H39ClN7O6P/c1-29-24-47(22-23-51-29)54-55(41,50)53-35-26-46(40(31-16-8-3-9-17-31,32-18-10-4-11-19-32)33-20-12-5-13-21-33)25-34(52-35)48-28-44-36-37(42-27-43-38(36)48)45-39(49)30-14-6-2-7-15-30/h2-21,27-29,34-35H,22-26H2,1H3,(H,42,43,45,49). The number of aromatic nitrogens is 4. The number of hydroxylamine groups is 2. The van der Waals surface area contributed by atoms with Crippen molar-refractivity contribution in [3.8, 4) is 0 Å². The van der Waals surface area contributed by atoms with Gasteiger partial charge in [-0.2, -0.15) is 5.06 Å². The van der Waals surface area contributed by atoms with Crippen molar-refractivity contribution in [2.24, 2.45) is 0 Å². The molecule has 2 aliphatic rings. The zero-order valence-corrected chi connectivity index (χ0v) is 31.6. The Labute approximate surface area is 323 Å². The van der Waals surface area contributed by atoms with Crippen LogP contribution in [0.25, 0.3) is 11.2 Å². The molecule has 4 aromatic carbocycles. The van der Waals surface area contributed by atoms with Gasteiger partial charge in [0.05, 0.1) is 37.7 Å². The van der Waals surface area contributed by atoms with E-state index in [1.165, 1.54) is 11.4 Å². The summed E-state index contributed by atoms with van der Waals surface area (Å²) in [5, 5.41) is 4.38. The van der Waals surface area contributed by atoms with Crippen molar-refractivity contribution >= 4 is 41.1 Å². The minimum absolute atomic E-state index is 0.134. The van der Waals surface area contributed by atoms with E-state index in [2.05, 4.69) is 61.6 Å². The minimum Gasteiger partial charge on any atom is -0.376 e. The zero-order valence-electron chi connectivity index (χ0n) is 29.9. The molecule has 2 aromatic heterocycles. The molecule has 4 atom stereocenters. The number of ether oxygens (including phenoxy) is 2. The van der Waals surface area contributed by atoms with Gasteiger partial charge in [-0.3, -0.25) is 18.8 Å². The summed E-state index contributed by atoms with van der Waals surface area (Å²) in [4.78, 5) is 29.0. The Kier molecular flexibility index (Phi) is 10.9. The number of nitrogens with one attached hydrogen (secondary N) is 1. The number of hydrogen-bond acceptors (Lipinski definition) is 11. The summed E-state index contributed by atoms with van der Waals surface area (Å²) < 4.78 is 39.9. The number of anilines is 1. The summed E-state index contributed by atoms with van der Waals surface area (Å²) in [6.45, 7) is -0.817. The highest BCUT2D eigenvalue weighted by Gasteiger charge is 2.48. The second kappa shape index (κ2) is 16.1. The number of nitrogens with zero attached hydrogens (tertiary/aromatic N) is 6. The van der Waals surface area contributed by atoms with Crippen LogP contribution in [0.3, 0.4) is 0 Å². The molecular weight excluding hydrogens is 741 g/mol. The number of imidazole rings is 1. The van der Waals surface area contributed by atoms with Crippen molar-refractivity contribution in [3.05, 3.63) is 156 Å². The Morgan fingerprint density at radius 1 is 0.836 bits per heavy atom. The van der Waals surface area contributed by atoms with Gasteiger partial charge in [-0.25, -0.2) is 24.1 Å². The van der Waals surface area contributed by atoms with Crippen LogP contribution >= 0.6 is 18.2 Å². The second-order valence-corrected chi connectivity index (χ2v) is 15.8. The second-order valence-electron chi connectivity index (χ2n) is 13.3. The molecule has 2 aliphatic heterocycles. The van der Waals surface area contributed by atoms with E-state index in [0.29, 0.717) is 36.4 Å². The van der Waals surface area contributed by atoms with E-state index in [1.54, 1.807) is 35.2 Å². The fraction of sp³-hybridized carbons (Fsp3) is 0.250. The van der Waals surface area contributed by atoms with Gasteiger partial charge in [-0.1, -0.05) is 109 Å². The Morgan fingerprint density at radius 3 is 2.04 bits per heavy atom. The summed E-state index contributed by atoms with van der Waals surface area (Å²) in [7, 11) is 0. The summed E-state index contributed by atoms with van der Waals surface area (Å²) in [5.74, 6) is -0.0988. The molecule has 0 radical (unpaired) electrons. The van der Waals surface area contributed by atoms with Gasteiger partial charge in [-0.15, -0.1) is 0 Å². The lowest BCUT2D eigenvalue weighted by Crippen LogP contribution is -2.57. The zero-order chi connectivity index (χ0) is 37.8. The molecule has 15 heteroatoms. The smallest absolute Gasteiger partial charge is 0.376 e. The first-order chi connectivity index (χ1) is 26.8. The third-order valence-corrected chi connectivity index (χ3v) is 11.0. The number of carbonyl (C=O) groups excluding carboxylic acids is 1. The first-order valence-electron chi connectivity index (χ1n) is 18.0. The molecule has 0 saturated carbocycles. The lowest BCUT2D eigenvalue weighted by Gasteiger charge is -2.50. The van der Waals surface area contributed by atoms with Gasteiger partial charge >= 0.3 is 6.95 Å². The first-order valence-corrected chi connectivity index (χ1v) is 20.4. The van der Waals surface area contributed by atoms with E-state index in [-0.39, 0.29) is 30.9 Å². The largest absolute Gasteiger partial charge is 0.443 e. The van der Waals surface area contributed by atoms with Gasteiger partial charge in [0.15, 0.2) is 29.5 Å². The summed E-state index contributed by atoms with van der Waals surface area (Å²) in [6, 6.07) is 39.4. The van der Waals surface area contributed by atoms with Gasteiger partial charge in [0.1, 0.15) is 6.33 Å². The molecule has 4 unspecified atom stereocenters. The highest BCUT2D eigenvalue weighted by atomic mass is 35.7. The molecule has 2 fully saturated rings. The van der Waals surface area contributed by atoms with Crippen LogP contribution < -0.4 is 5.32 Å². The van der Waals surface area contributed by atoms with E-state index < -0.39 is 25.0 Å². The number of fused-ring (bicyclic) bond motifs is 1. The Bertz CT molecular complexity index is 2170. The molecule has 6 aromatic rings. The van der Waals surface area contributed by atoms with E-state index in [0.717, 1.165) is 16.7 Å². The van der Waals surface area contributed by atoms with E-state index in [1.807, 2.05) is 67.6 Å². The Hall–Kier alpha value is -4.82. The average Bonchev–Trinajstić information content (AvgIpc) is 3.65. The maximum atomic E-state index is 14.0. The fourth-order valence-electron chi connectivity index (χ4n) is 7.36. The van der Waals surface area contributed by atoms with Crippen molar-refractivity contribution in [2.45, 2.75) is 31.1 Å². The summed E-state index contributed by atoms with van der Waals surface area (Å²) >= 11 is 6.60. The van der Waals surface area contributed by atoms with Crippen LogP contribution in [0.1, 0.15) is 40.2 Å². The normalized spacial score (nSPS) is 20.9. The topological polar surface area (TPSA) is 133 Å². The quantitative estimate of drug-likeness (QED) is 0.105. The van der Waals surface area contributed by atoms with Crippen LogP contribution in [-0.2, 0) is 28.7 Å². The van der Waals surface area contributed by atoms with Gasteiger partial charge in [0, 0.05) is 29.9 Å². The van der Waals surface area contributed by atoms with E-state index >= 15 is 0 Å². The number of rotatable bonds is 11. The molecule has 2 saturated heterocycles. The fourth-order valence-corrected chi connectivity index (χ4v) is 8.75. The van der Waals surface area contributed by atoms with Crippen molar-refractivity contribution in [1.29, 1.82) is 0 Å².